The third-order valence-corrected chi connectivity index (χ3v) is 4.81. The lowest BCUT2D eigenvalue weighted by Gasteiger charge is -2.04. The predicted molar refractivity (Wildman–Crippen MR) is 62.9 cm³/mol. The minimum Gasteiger partial charge on any atom is -0.283 e. The summed E-state index contributed by atoms with van der Waals surface area (Å²) in [4.78, 5) is 0. The Hall–Kier alpha value is -0.0100. The summed E-state index contributed by atoms with van der Waals surface area (Å²) in [7, 11) is -3.19. The van der Waals surface area contributed by atoms with Gasteiger partial charge in [-0.15, -0.1) is 0 Å². The maximum absolute atomic E-state index is 11.1. The molecular weight excluding hydrogens is 325 g/mol. The van der Waals surface area contributed by atoms with Crippen molar-refractivity contribution < 1.29 is 8.42 Å². The highest BCUT2D eigenvalue weighted by Crippen LogP contribution is 2.15. The molecule has 0 unspecified atom stereocenters. The number of hydrogen-bond donors (Lipinski definition) is 1. The highest BCUT2D eigenvalue weighted by atomic mass is 127. The Morgan fingerprint density at radius 1 is 1.31 bits per heavy atom. The first-order chi connectivity index (χ1) is 6.03. The molecule has 1 aromatic carbocycles. The average Bonchev–Trinajstić information content (AvgIpc) is 2.09. The number of sulfonamides is 1. The van der Waals surface area contributed by atoms with Crippen molar-refractivity contribution in [2.24, 2.45) is 0 Å². The Morgan fingerprint density at radius 2 is 1.85 bits per heavy atom. The second-order valence-electron chi connectivity index (χ2n) is 2.33. The van der Waals surface area contributed by atoms with E-state index >= 15 is 0 Å². The van der Waals surface area contributed by atoms with Crippen LogP contribution in [-0.2, 0) is 10.0 Å². The van der Waals surface area contributed by atoms with Gasteiger partial charge in [0.25, 0.3) is 0 Å². The van der Waals surface area contributed by atoms with Crippen molar-refractivity contribution in [1.82, 2.24) is 0 Å². The molecule has 1 N–H and O–H groups in total. The molecule has 0 aliphatic carbocycles. The minimum atomic E-state index is -3.19. The van der Waals surface area contributed by atoms with Gasteiger partial charge >= 0.3 is 0 Å². The normalized spacial score (nSPS) is 11.2. The second kappa shape index (κ2) is 4.47. The van der Waals surface area contributed by atoms with Crippen LogP contribution in [0.4, 0.5) is 5.69 Å². The second-order valence-corrected chi connectivity index (χ2v) is 6.29. The molecule has 0 amide bonds. The molecule has 0 radical (unpaired) electrons. The highest BCUT2D eigenvalue weighted by molar-refractivity contribution is 14.1. The Morgan fingerprint density at radius 3 is 2.31 bits per heavy atom. The molecule has 0 aromatic heterocycles. The number of benzene rings is 1. The van der Waals surface area contributed by atoms with Crippen molar-refractivity contribution in [2.75, 3.05) is 8.48 Å². The molecule has 0 heterocycles. The summed E-state index contributed by atoms with van der Waals surface area (Å²) < 4.78 is 24.6. The van der Waals surface area contributed by atoms with E-state index in [0.717, 1.165) is 0 Å². The van der Waals surface area contributed by atoms with Gasteiger partial charge in [-0.3, -0.25) is 4.72 Å². The van der Waals surface area contributed by atoms with Crippen LogP contribution < -0.4 is 4.72 Å². The van der Waals surface area contributed by atoms with Crippen LogP contribution in [0.15, 0.2) is 24.3 Å². The monoisotopic (exact) mass is 331 g/mol. The Labute approximate surface area is 95.7 Å². The zero-order valence-corrected chi connectivity index (χ0v) is 10.2. The Bertz CT molecular complexity index is 376. The fourth-order valence-electron chi connectivity index (χ4n) is 0.725. The molecule has 0 saturated carbocycles. The SMILES string of the molecule is O=S(=O)(CI)Nc1ccc(Cl)cc1. The van der Waals surface area contributed by atoms with Crippen molar-refractivity contribution in [3.8, 4) is 0 Å². The van der Waals surface area contributed by atoms with Crippen LogP contribution in [0.5, 0.6) is 0 Å². The lowest BCUT2D eigenvalue weighted by atomic mass is 10.3. The molecule has 0 spiro atoms. The van der Waals surface area contributed by atoms with Crippen LogP contribution in [0, 0.1) is 0 Å². The summed E-state index contributed by atoms with van der Waals surface area (Å²) in [5, 5.41) is 0.581. The van der Waals surface area contributed by atoms with E-state index in [9.17, 15) is 8.42 Å². The molecular formula is C7H7ClINO2S. The van der Waals surface area contributed by atoms with Gasteiger partial charge in [-0.25, -0.2) is 8.42 Å². The molecule has 0 aliphatic heterocycles. The maximum Gasteiger partial charge on any atom is 0.242 e. The van der Waals surface area contributed by atoms with Gasteiger partial charge in [0.2, 0.25) is 10.0 Å². The van der Waals surface area contributed by atoms with Crippen LogP contribution >= 0.6 is 34.2 Å². The molecule has 0 atom stereocenters. The largest absolute Gasteiger partial charge is 0.283 e. The minimum absolute atomic E-state index is 0.0351. The van der Waals surface area contributed by atoms with E-state index in [1.165, 1.54) is 0 Å². The zero-order chi connectivity index (χ0) is 9.90. The van der Waals surface area contributed by atoms with E-state index in [-0.39, 0.29) is 3.76 Å². The van der Waals surface area contributed by atoms with Gasteiger partial charge in [-0.1, -0.05) is 34.2 Å². The van der Waals surface area contributed by atoms with Gasteiger partial charge in [0.15, 0.2) is 0 Å². The number of halogens is 2. The van der Waals surface area contributed by atoms with Crippen LogP contribution in [-0.4, -0.2) is 12.2 Å². The summed E-state index contributed by atoms with van der Waals surface area (Å²) in [6.45, 7) is 0. The molecule has 0 bridgehead atoms. The summed E-state index contributed by atoms with van der Waals surface area (Å²) >= 11 is 7.43. The Balaban J connectivity index is 2.82. The van der Waals surface area contributed by atoms with E-state index in [1.807, 2.05) is 0 Å². The van der Waals surface area contributed by atoms with E-state index in [2.05, 4.69) is 4.72 Å². The lowest BCUT2D eigenvalue weighted by Crippen LogP contribution is -2.12. The van der Waals surface area contributed by atoms with Crippen LogP contribution in [0.25, 0.3) is 0 Å². The smallest absolute Gasteiger partial charge is 0.242 e. The van der Waals surface area contributed by atoms with Gasteiger partial charge in [-0.2, -0.15) is 0 Å². The quantitative estimate of drug-likeness (QED) is 0.683. The van der Waals surface area contributed by atoms with Crippen molar-refractivity contribution in [2.45, 2.75) is 0 Å². The molecule has 6 heteroatoms. The number of rotatable bonds is 3. The molecule has 1 aromatic rings. The van der Waals surface area contributed by atoms with Gasteiger partial charge in [0.1, 0.15) is 3.76 Å². The van der Waals surface area contributed by atoms with E-state index < -0.39 is 10.0 Å². The maximum atomic E-state index is 11.1. The van der Waals surface area contributed by atoms with E-state index in [4.69, 9.17) is 11.6 Å². The first-order valence-electron chi connectivity index (χ1n) is 3.35. The molecule has 0 saturated heterocycles. The molecule has 1 rings (SSSR count). The van der Waals surface area contributed by atoms with Crippen LogP contribution in [0.3, 0.4) is 0 Å². The van der Waals surface area contributed by atoms with Crippen LogP contribution in [0.1, 0.15) is 0 Å². The number of nitrogens with one attached hydrogen (secondary N) is 1. The van der Waals surface area contributed by atoms with E-state index in [1.54, 1.807) is 46.9 Å². The summed E-state index contributed by atoms with van der Waals surface area (Å²) in [6, 6.07) is 6.50. The van der Waals surface area contributed by atoms with Gasteiger partial charge in [0, 0.05) is 10.7 Å². The van der Waals surface area contributed by atoms with Gasteiger partial charge in [0.05, 0.1) is 0 Å². The Kier molecular flexibility index (Phi) is 3.81. The first-order valence-corrected chi connectivity index (χ1v) is 6.91. The highest BCUT2D eigenvalue weighted by Gasteiger charge is 2.06. The molecule has 72 valence electrons. The summed E-state index contributed by atoms with van der Waals surface area (Å²) in [5.41, 5.74) is 0.529. The lowest BCUT2D eigenvalue weighted by molar-refractivity contribution is 0.606. The molecule has 0 aliphatic rings. The topological polar surface area (TPSA) is 46.2 Å². The summed E-state index contributed by atoms with van der Waals surface area (Å²) in [6.07, 6.45) is 0. The van der Waals surface area contributed by atoms with Gasteiger partial charge in [-0.05, 0) is 24.3 Å². The number of alkyl halides is 1. The summed E-state index contributed by atoms with van der Waals surface area (Å²) in [5.74, 6) is 0. The third-order valence-electron chi connectivity index (χ3n) is 1.26. The number of hydrogen-bond acceptors (Lipinski definition) is 2. The molecule has 3 nitrogen and oxygen atoms in total. The standard InChI is InChI=1S/C7H7ClINO2S/c8-6-1-3-7(4-2-6)10-13(11,12)5-9/h1-4,10H,5H2. The van der Waals surface area contributed by atoms with Crippen molar-refractivity contribution in [1.29, 1.82) is 0 Å². The van der Waals surface area contributed by atoms with Crippen molar-refractivity contribution in [3.63, 3.8) is 0 Å². The van der Waals surface area contributed by atoms with Gasteiger partial charge < -0.3 is 0 Å². The third kappa shape index (κ3) is 3.70. The molecule has 13 heavy (non-hydrogen) atoms. The fraction of sp³-hybridized carbons (Fsp3) is 0.143. The average molecular weight is 332 g/mol. The first kappa shape index (κ1) is 11.1. The van der Waals surface area contributed by atoms with Crippen LogP contribution in [0.2, 0.25) is 5.02 Å². The van der Waals surface area contributed by atoms with Crippen molar-refractivity contribution in [3.05, 3.63) is 29.3 Å². The van der Waals surface area contributed by atoms with Crippen molar-refractivity contribution >= 4 is 49.9 Å². The predicted octanol–water partition coefficient (Wildman–Crippen LogP) is 2.47. The molecule has 0 fully saturated rings. The number of anilines is 1. The fourth-order valence-corrected chi connectivity index (χ4v) is 1.87. The zero-order valence-electron chi connectivity index (χ0n) is 6.50. The van der Waals surface area contributed by atoms with E-state index in [0.29, 0.717) is 10.7 Å².